The van der Waals surface area contributed by atoms with Gasteiger partial charge in [-0.3, -0.25) is 0 Å². The topological polar surface area (TPSA) is 33.1 Å². The highest BCUT2D eigenvalue weighted by atomic mass is 15.2. The minimum atomic E-state index is 0.895. The van der Waals surface area contributed by atoms with Crippen LogP contribution in [0.25, 0.3) is 0 Å². The number of para-hydroxylation sites is 1. The predicted molar refractivity (Wildman–Crippen MR) is 99.3 cm³/mol. The second-order valence-corrected chi connectivity index (χ2v) is 6.01. The maximum atomic E-state index is 4.42. The summed E-state index contributed by atoms with van der Waals surface area (Å²) >= 11 is 0. The number of aryl methyl sites for hydroxylation is 1. The van der Waals surface area contributed by atoms with E-state index < -0.39 is 0 Å². The SMILES string of the molecule is CN(CCCn1ccnc1Nc1ccccc1)Cc1ccccc1. The zero-order chi connectivity index (χ0) is 16.6. The Morgan fingerprint density at radius 1 is 1.00 bits per heavy atom. The van der Waals surface area contributed by atoms with E-state index in [4.69, 9.17) is 0 Å². The number of nitrogens with one attached hydrogen (secondary N) is 1. The Hall–Kier alpha value is -2.59. The van der Waals surface area contributed by atoms with E-state index in [9.17, 15) is 0 Å². The number of rotatable bonds is 8. The molecule has 1 heterocycles. The zero-order valence-electron chi connectivity index (χ0n) is 14.1. The summed E-state index contributed by atoms with van der Waals surface area (Å²) in [4.78, 5) is 6.77. The molecule has 0 aliphatic carbocycles. The molecule has 0 amide bonds. The van der Waals surface area contributed by atoms with E-state index in [1.54, 1.807) is 0 Å². The van der Waals surface area contributed by atoms with Gasteiger partial charge >= 0.3 is 0 Å². The number of nitrogens with zero attached hydrogens (tertiary/aromatic N) is 3. The van der Waals surface area contributed by atoms with Gasteiger partial charge in [0.15, 0.2) is 0 Å². The van der Waals surface area contributed by atoms with Crippen LogP contribution in [-0.2, 0) is 13.1 Å². The highest BCUT2D eigenvalue weighted by Gasteiger charge is 2.04. The molecule has 0 saturated heterocycles. The fourth-order valence-electron chi connectivity index (χ4n) is 2.75. The molecule has 0 aliphatic rings. The van der Waals surface area contributed by atoms with Gasteiger partial charge in [-0.1, -0.05) is 48.5 Å². The van der Waals surface area contributed by atoms with E-state index in [1.807, 2.05) is 42.7 Å². The minimum absolute atomic E-state index is 0.895. The van der Waals surface area contributed by atoms with Crippen molar-refractivity contribution >= 4 is 11.6 Å². The molecule has 3 aromatic rings. The van der Waals surface area contributed by atoms with Crippen molar-refractivity contribution in [2.75, 3.05) is 18.9 Å². The molecule has 0 saturated carbocycles. The largest absolute Gasteiger partial charge is 0.326 e. The van der Waals surface area contributed by atoms with Crippen LogP contribution in [0.5, 0.6) is 0 Å². The molecule has 0 aliphatic heterocycles. The van der Waals surface area contributed by atoms with Crippen LogP contribution >= 0.6 is 0 Å². The van der Waals surface area contributed by atoms with Gasteiger partial charge in [0.25, 0.3) is 0 Å². The lowest BCUT2D eigenvalue weighted by Gasteiger charge is -2.17. The molecule has 0 spiro atoms. The first-order chi connectivity index (χ1) is 11.8. The molecule has 0 fully saturated rings. The summed E-state index contributed by atoms with van der Waals surface area (Å²) in [5.41, 5.74) is 2.42. The van der Waals surface area contributed by atoms with Gasteiger partial charge in [0, 0.05) is 31.2 Å². The van der Waals surface area contributed by atoms with Gasteiger partial charge < -0.3 is 14.8 Å². The molecule has 4 nitrogen and oxygen atoms in total. The lowest BCUT2D eigenvalue weighted by Crippen LogP contribution is -2.20. The number of aromatic nitrogens is 2. The van der Waals surface area contributed by atoms with Gasteiger partial charge in [0.1, 0.15) is 0 Å². The standard InChI is InChI=1S/C20H24N4/c1-23(17-18-9-4-2-5-10-18)14-8-15-24-16-13-21-20(24)22-19-11-6-3-7-12-19/h2-7,9-13,16H,8,14-15,17H2,1H3,(H,21,22). The van der Waals surface area contributed by atoms with Crippen LogP contribution in [0.1, 0.15) is 12.0 Å². The average Bonchev–Trinajstić information content (AvgIpc) is 3.04. The fraction of sp³-hybridized carbons (Fsp3) is 0.250. The van der Waals surface area contributed by atoms with Crippen LogP contribution < -0.4 is 5.32 Å². The second-order valence-electron chi connectivity index (χ2n) is 6.01. The van der Waals surface area contributed by atoms with Crippen LogP contribution in [0, 0.1) is 0 Å². The Kier molecular flexibility index (Phi) is 5.64. The number of benzene rings is 2. The van der Waals surface area contributed by atoms with Crippen LogP contribution in [0.2, 0.25) is 0 Å². The van der Waals surface area contributed by atoms with Crippen LogP contribution in [-0.4, -0.2) is 28.0 Å². The summed E-state index contributed by atoms with van der Waals surface area (Å²) in [5, 5.41) is 3.37. The summed E-state index contributed by atoms with van der Waals surface area (Å²) < 4.78 is 2.17. The van der Waals surface area contributed by atoms with Crippen LogP contribution in [0.15, 0.2) is 73.1 Å². The van der Waals surface area contributed by atoms with Gasteiger partial charge in [-0.05, 0) is 37.7 Å². The quantitative estimate of drug-likeness (QED) is 0.677. The molecule has 1 aromatic heterocycles. The maximum absolute atomic E-state index is 4.42. The van der Waals surface area contributed by atoms with Gasteiger partial charge in [-0.15, -0.1) is 0 Å². The summed E-state index contributed by atoms with van der Waals surface area (Å²) in [6, 6.07) is 20.8. The third-order valence-corrected chi connectivity index (χ3v) is 3.98. The lowest BCUT2D eigenvalue weighted by atomic mass is 10.2. The fourth-order valence-corrected chi connectivity index (χ4v) is 2.75. The van der Waals surface area contributed by atoms with Gasteiger partial charge in [-0.25, -0.2) is 4.98 Å². The summed E-state index contributed by atoms with van der Waals surface area (Å²) in [6.45, 7) is 2.99. The monoisotopic (exact) mass is 320 g/mol. The van der Waals surface area contributed by atoms with Crippen molar-refractivity contribution in [2.45, 2.75) is 19.5 Å². The van der Waals surface area contributed by atoms with Crippen LogP contribution in [0.3, 0.4) is 0 Å². The smallest absolute Gasteiger partial charge is 0.207 e. The third-order valence-electron chi connectivity index (χ3n) is 3.98. The molecule has 24 heavy (non-hydrogen) atoms. The maximum Gasteiger partial charge on any atom is 0.207 e. The first kappa shape index (κ1) is 16.3. The molecule has 3 rings (SSSR count). The van der Waals surface area contributed by atoms with Crippen molar-refractivity contribution in [3.05, 3.63) is 78.6 Å². The van der Waals surface area contributed by atoms with Crippen molar-refractivity contribution in [3.8, 4) is 0 Å². The van der Waals surface area contributed by atoms with Gasteiger partial charge in [0.2, 0.25) is 5.95 Å². The Morgan fingerprint density at radius 3 is 2.46 bits per heavy atom. The van der Waals surface area contributed by atoms with Crippen molar-refractivity contribution < 1.29 is 0 Å². The second kappa shape index (κ2) is 8.31. The normalized spacial score (nSPS) is 10.9. The number of hydrogen-bond acceptors (Lipinski definition) is 3. The summed E-state index contributed by atoms with van der Waals surface area (Å²) in [6.07, 6.45) is 4.96. The van der Waals surface area contributed by atoms with Crippen LogP contribution in [0.4, 0.5) is 11.6 Å². The zero-order valence-corrected chi connectivity index (χ0v) is 14.1. The lowest BCUT2D eigenvalue weighted by molar-refractivity contribution is 0.314. The van der Waals surface area contributed by atoms with E-state index in [0.717, 1.165) is 37.7 Å². The molecular weight excluding hydrogens is 296 g/mol. The Bertz CT molecular complexity index is 722. The minimum Gasteiger partial charge on any atom is -0.326 e. The van der Waals surface area contributed by atoms with E-state index >= 15 is 0 Å². The van der Waals surface area contributed by atoms with Gasteiger partial charge in [0.05, 0.1) is 0 Å². The Morgan fingerprint density at radius 2 is 1.71 bits per heavy atom. The number of hydrogen-bond donors (Lipinski definition) is 1. The van der Waals surface area contributed by atoms with E-state index in [2.05, 4.69) is 57.1 Å². The van der Waals surface area contributed by atoms with Crippen molar-refractivity contribution in [3.63, 3.8) is 0 Å². The Balaban J connectivity index is 1.48. The first-order valence-corrected chi connectivity index (χ1v) is 8.37. The highest BCUT2D eigenvalue weighted by Crippen LogP contribution is 2.14. The molecule has 0 bridgehead atoms. The van der Waals surface area contributed by atoms with E-state index in [-0.39, 0.29) is 0 Å². The molecule has 0 radical (unpaired) electrons. The molecule has 124 valence electrons. The number of imidazole rings is 1. The Labute approximate surface area is 143 Å². The molecule has 1 N–H and O–H groups in total. The van der Waals surface area contributed by atoms with E-state index in [1.165, 1.54) is 5.56 Å². The van der Waals surface area contributed by atoms with Crippen molar-refractivity contribution in [1.29, 1.82) is 0 Å². The molecule has 2 aromatic carbocycles. The molecule has 0 atom stereocenters. The highest BCUT2D eigenvalue weighted by molar-refractivity contribution is 5.52. The molecule has 0 unspecified atom stereocenters. The molecule has 4 heteroatoms. The van der Waals surface area contributed by atoms with Crippen molar-refractivity contribution in [1.82, 2.24) is 14.5 Å². The third kappa shape index (κ3) is 4.70. The van der Waals surface area contributed by atoms with E-state index in [0.29, 0.717) is 0 Å². The average molecular weight is 320 g/mol. The first-order valence-electron chi connectivity index (χ1n) is 8.37. The molecular formula is C20H24N4. The summed E-state index contributed by atoms with van der Waals surface area (Å²) in [5.74, 6) is 0.895. The predicted octanol–water partition coefficient (Wildman–Crippen LogP) is 4.15. The van der Waals surface area contributed by atoms with Gasteiger partial charge in [-0.2, -0.15) is 0 Å². The number of anilines is 2. The van der Waals surface area contributed by atoms with Crippen molar-refractivity contribution in [2.24, 2.45) is 0 Å². The summed E-state index contributed by atoms with van der Waals surface area (Å²) in [7, 11) is 2.17.